The molecule has 4 aliphatic rings. The first kappa shape index (κ1) is 34.2. The number of nitrogens with one attached hydrogen (secondary N) is 1. The standard InChI is InChI=1S/C36H48ClN3O6S/c1-22-14-29(39(4)18-23(2)41)17-33(42)30-10-7-27(30)19-40-20-36(13-5-6-25-15-28(37)9-11-31(25)36)21-46-34-12-8-26(16-32(34)40)35(43)38-47(44,45)24(22)3/h8-9,11-12,15-16,22,24,27,29-30,33,42H,5-7,10,13-14,17-21H2,1-4H3,(H,38,43)/t22-,24+,27-,29-,30+,33+,36-/m0/s1. The summed E-state index contributed by atoms with van der Waals surface area (Å²) in [6.07, 6.45) is 5.09. The first-order valence-corrected chi connectivity index (χ1v) is 18.9. The summed E-state index contributed by atoms with van der Waals surface area (Å²) >= 11 is 6.42. The predicted octanol–water partition coefficient (Wildman–Crippen LogP) is 4.97. The van der Waals surface area contributed by atoms with Crippen LogP contribution in [0.3, 0.4) is 0 Å². The van der Waals surface area contributed by atoms with Crippen LogP contribution >= 0.6 is 11.6 Å². The van der Waals surface area contributed by atoms with Gasteiger partial charge in [-0.15, -0.1) is 0 Å². The monoisotopic (exact) mass is 685 g/mol. The Hall–Kier alpha value is -2.66. The topological polar surface area (TPSA) is 116 Å². The number of benzene rings is 2. The van der Waals surface area contributed by atoms with Crippen LogP contribution in [-0.2, 0) is 26.7 Å². The van der Waals surface area contributed by atoms with Gasteiger partial charge in [-0.25, -0.2) is 13.1 Å². The number of Topliss-reactive ketones (excluding diaryl/α,β-unsaturated/α-hetero) is 1. The highest BCUT2D eigenvalue weighted by molar-refractivity contribution is 7.90. The van der Waals surface area contributed by atoms with Crippen molar-refractivity contribution in [2.45, 2.75) is 88.5 Å². The van der Waals surface area contributed by atoms with E-state index in [0.29, 0.717) is 38.3 Å². The molecule has 0 aromatic heterocycles. The van der Waals surface area contributed by atoms with E-state index in [-0.39, 0.29) is 47.1 Å². The molecule has 0 radical (unpaired) electrons. The number of hydrogen-bond acceptors (Lipinski definition) is 8. The second-order valence-electron chi connectivity index (χ2n) is 14.8. The third-order valence-electron chi connectivity index (χ3n) is 11.5. The molecule has 1 spiro atoms. The minimum atomic E-state index is -4.03. The van der Waals surface area contributed by atoms with Crippen LogP contribution in [-0.4, -0.2) is 80.8 Å². The molecule has 1 fully saturated rings. The van der Waals surface area contributed by atoms with E-state index in [9.17, 15) is 23.1 Å². The van der Waals surface area contributed by atoms with Gasteiger partial charge in [0.1, 0.15) is 11.5 Å². The minimum absolute atomic E-state index is 0.0112. The van der Waals surface area contributed by atoms with E-state index < -0.39 is 27.3 Å². The van der Waals surface area contributed by atoms with Crippen molar-refractivity contribution in [1.82, 2.24) is 9.62 Å². The van der Waals surface area contributed by atoms with Crippen LogP contribution < -0.4 is 14.4 Å². The molecule has 47 heavy (non-hydrogen) atoms. The Balaban J connectivity index is 1.40. The molecule has 2 aromatic carbocycles. The number of sulfonamides is 1. The van der Waals surface area contributed by atoms with Crippen LogP contribution in [0.15, 0.2) is 36.4 Å². The van der Waals surface area contributed by atoms with Gasteiger partial charge in [0.25, 0.3) is 5.91 Å². The van der Waals surface area contributed by atoms with Crippen molar-refractivity contribution in [3.8, 4) is 5.75 Å². The fraction of sp³-hybridized carbons (Fsp3) is 0.611. The maximum Gasteiger partial charge on any atom is 0.264 e. The lowest BCUT2D eigenvalue weighted by Crippen LogP contribution is -2.50. The van der Waals surface area contributed by atoms with Gasteiger partial charge < -0.3 is 14.7 Å². The Morgan fingerprint density at radius 3 is 2.68 bits per heavy atom. The highest BCUT2D eigenvalue weighted by atomic mass is 35.5. The van der Waals surface area contributed by atoms with Crippen LogP contribution in [0.2, 0.25) is 5.02 Å². The fourth-order valence-electron chi connectivity index (χ4n) is 8.46. The number of ether oxygens (including phenoxy) is 1. The molecule has 2 aromatic rings. The van der Waals surface area contributed by atoms with Gasteiger partial charge in [0.05, 0.1) is 30.2 Å². The molecule has 2 heterocycles. The average Bonchev–Trinajstić information content (AvgIpc) is 3.14. The zero-order valence-electron chi connectivity index (χ0n) is 27.9. The number of hydrogen-bond donors (Lipinski definition) is 2. The molecule has 9 nitrogen and oxygen atoms in total. The molecule has 0 saturated heterocycles. The van der Waals surface area contributed by atoms with Crippen LogP contribution in [0.5, 0.6) is 5.75 Å². The van der Waals surface area contributed by atoms with Gasteiger partial charge in [0.2, 0.25) is 10.0 Å². The summed E-state index contributed by atoms with van der Waals surface area (Å²) in [5, 5.41) is 11.6. The minimum Gasteiger partial charge on any atom is -0.490 e. The number of nitrogens with zero attached hydrogens (tertiary/aromatic N) is 2. The molecule has 11 heteroatoms. The van der Waals surface area contributed by atoms with Crippen molar-refractivity contribution in [2.24, 2.45) is 17.8 Å². The Morgan fingerprint density at radius 2 is 1.96 bits per heavy atom. The maximum atomic E-state index is 13.6. The number of carbonyl (C=O) groups excluding carboxylic acids is 2. The summed E-state index contributed by atoms with van der Waals surface area (Å²) in [7, 11) is -2.17. The molecule has 1 amide bonds. The molecule has 0 unspecified atom stereocenters. The molecular weight excluding hydrogens is 638 g/mol. The average molecular weight is 686 g/mol. The van der Waals surface area contributed by atoms with Crippen LogP contribution in [0.4, 0.5) is 5.69 Å². The number of ketones is 1. The van der Waals surface area contributed by atoms with Gasteiger partial charge >= 0.3 is 0 Å². The maximum absolute atomic E-state index is 13.6. The third kappa shape index (κ3) is 6.94. The zero-order chi connectivity index (χ0) is 33.7. The first-order valence-electron chi connectivity index (χ1n) is 17.0. The molecule has 2 N–H and O–H groups in total. The van der Waals surface area contributed by atoms with Crippen molar-refractivity contribution in [2.75, 3.05) is 38.2 Å². The number of carbonyl (C=O) groups is 2. The van der Waals surface area contributed by atoms with Gasteiger partial charge in [0, 0.05) is 35.1 Å². The largest absolute Gasteiger partial charge is 0.490 e. The number of fused-ring (bicyclic) bond motifs is 4. The van der Waals surface area contributed by atoms with Crippen LogP contribution in [0, 0.1) is 17.8 Å². The van der Waals surface area contributed by atoms with Crippen LogP contribution in [0.1, 0.15) is 80.8 Å². The van der Waals surface area contributed by atoms with Crippen LogP contribution in [0.25, 0.3) is 0 Å². The third-order valence-corrected chi connectivity index (χ3v) is 13.7. The molecule has 256 valence electrons. The quantitative estimate of drug-likeness (QED) is 0.466. The second-order valence-corrected chi connectivity index (χ2v) is 17.2. The predicted molar refractivity (Wildman–Crippen MR) is 184 cm³/mol. The summed E-state index contributed by atoms with van der Waals surface area (Å²) in [5.74, 6) is -0.0396. The second kappa shape index (κ2) is 13.3. The Bertz CT molecular complexity index is 1630. The van der Waals surface area contributed by atoms with Gasteiger partial charge in [-0.05, 0) is 125 Å². The van der Waals surface area contributed by atoms with E-state index in [0.717, 1.165) is 42.8 Å². The number of aliphatic hydroxyl groups excluding tert-OH is 1. The van der Waals surface area contributed by atoms with E-state index >= 15 is 0 Å². The highest BCUT2D eigenvalue weighted by Gasteiger charge is 2.45. The Kier molecular flexibility index (Phi) is 9.70. The lowest BCUT2D eigenvalue weighted by atomic mass is 9.67. The van der Waals surface area contributed by atoms with Crippen molar-refractivity contribution in [1.29, 1.82) is 0 Å². The Morgan fingerprint density at radius 1 is 1.17 bits per heavy atom. The summed E-state index contributed by atoms with van der Waals surface area (Å²) in [5.41, 5.74) is 3.19. The molecule has 1 saturated carbocycles. The smallest absolute Gasteiger partial charge is 0.264 e. The van der Waals surface area contributed by atoms with Crippen molar-refractivity contribution >= 4 is 39.0 Å². The number of amides is 1. The number of anilines is 1. The Labute approximate surface area is 284 Å². The summed E-state index contributed by atoms with van der Waals surface area (Å²) < 4.78 is 36.0. The zero-order valence-corrected chi connectivity index (χ0v) is 29.4. The highest BCUT2D eigenvalue weighted by Crippen LogP contribution is 2.47. The first-order chi connectivity index (χ1) is 22.3. The molecule has 2 bridgehead atoms. The normalized spacial score (nSPS) is 32.3. The molecule has 7 atom stereocenters. The SMILES string of the molecule is CC(=O)CN(C)[C@@H]1C[C@@H](O)[C@@H]2CC[C@H]2CN2C[C@@]3(CCCc4cc(Cl)ccc43)COc3ccc(cc32)C(=O)NS(=O)(=O)[C@H](C)[C@@H](C)C1. The number of halogens is 1. The van der Waals surface area contributed by atoms with E-state index in [2.05, 4.69) is 21.8 Å². The number of likely N-dealkylation sites (N-methyl/N-ethyl adjacent to an activating group) is 1. The van der Waals surface area contributed by atoms with E-state index in [1.54, 1.807) is 25.1 Å². The lowest BCUT2D eigenvalue weighted by molar-refractivity contribution is -0.118. The molecule has 2 aliphatic heterocycles. The number of aliphatic hydroxyl groups is 1. The van der Waals surface area contributed by atoms with E-state index in [4.69, 9.17) is 16.3 Å². The van der Waals surface area contributed by atoms with Crippen molar-refractivity contribution < 1.29 is 27.9 Å². The van der Waals surface area contributed by atoms with Gasteiger partial charge in [0.15, 0.2) is 0 Å². The fourth-order valence-corrected chi connectivity index (χ4v) is 9.94. The number of rotatable bonds is 3. The van der Waals surface area contributed by atoms with Crippen molar-refractivity contribution in [3.63, 3.8) is 0 Å². The van der Waals surface area contributed by atoms with Crippen molar-refractivity contribution in [3.05, 3.63) is 58.1 Å². The lowest BCUT2D eigenvalue weighted by Gasteiger charge is -2.46. The van der Waals surface area contributed by atoms with Gasteiger partial charge in [-0.2, -0.15) is 0 Å². The molecule has 2 aliphatic carbocycles. The summed E-state index contributed by atoms with van der Waals surface area (Å²) in [6.45, 7) is 7.04. The van der Waals surface area contributed by atoms with E-state index in [1.807, 2.05) is 24.9 Å². The molecule has 6 rings (SSSR count). The van der Waals surface area contributed by atoms with Gasteiger partial charge in [-0.1, -0.05) is 24.6 Å². The summed E-state index contributed by atoms with van der Waals surface area (Å²) in [4.78, 5) is 29.9. The molecular formula is C36H48ClN3O6S. The van der Waals surface area contributed by atoms with Gasteiger partial charge in [-0.3, -0.25) is 14.5 Å². The summed E-state index contributed by atoms with van der Waals surface area (Å²) in [6, 6.07) is 11.1. The van der Waals surface area contributed by atoms with E-state index in [1.165, 1.54) is 18.1 Å². The number of aryl methyl sites for hydroxylation is 1.